The van der Waals surface area contributed by atoms with Gasteiger partial charge in [0.05, 0.1) is 5.92 Å². The third kappa shape index (κ3) is 1.81. The molecule has 1 amide bonds. The van der Waals surface area contributed by atoms with Crippen LogP contribution < -0.4 is 5.73 Å². The van der Waals surface area contributed by atoms with E-state index in [1.54, 1.807) is 19.3 Å². The van der Waals surface area contributed by atoms with Gasteiger partial charge >= 0.3 is 0 Å². The Morgan fingerprint density at radius 3 is 2.87 bits per heavy atom. The summed E-state index contributed by atoms with van der Waals surface area (Å²) in [6.07, 6.45) is 3.53. The third-order valence-corrected chi connectivity index (χ3v) is 2.59. The van der Waals surface area contributed by atoms with Crippen LogP contribution >= 0.6 is 0 Å². The maximum absolute atomic E-state index is 11.0. The molecule has 76 valence electrons. The number of nitrogens with two attached hydrogens (primary N) is 1. The number of aromatic nitrogens is 1. The Bertz CT molecular complexity index is 508. The molecule has 2 aromatic rings. The van der Waals surface area contributed by atoms with Crippen LogP contribution in [0.1, 0.15) is 18.4 Å². The van der Waals surface area contributed by atoms with Crippen molar-refractivity contribution < 1.29 is 4.79 Å². The third-order valence-electron chi connectivity index (χ3n) is 2.59. The Balaban J connectivity index is 2.51. The Hall–Kier alpha value is -1.90. The quantitative estimate of drug-likeness (QED) is 0.803. The van der Waals surface area contributed by atoms with Gasteiger partial charge in [-0.05, 0) is 30.0 Å². The molecule has 1 unspecified atom stereocenters. The number of pyridine rings is 1. The van der Waals surface area contributed by atoms with Crippen molar-refractivity contribution in [2.45, 2.75) is 12.8 Å². The van der Waals surface area contributed by atoms with E-state index in [-0.39, 0.29) is 11.8 Å². The number of hydrogen-bond acceptors (Lipinski definition) is 2. The molecule has 0 aliphatic heterocycles. The topological polar surface area (TPSA) is 56.0 Å². The molecule has 0 saturated heterocycles. The first-order valence-electron chi connectivity index (χ1n) is 4.81. The number of carbonyl (C=O) groups is 1. The summed E-state index contributed by atoms with van der Waals surface area (Å²) in [6, 6.07) is 7.80. The molecule has 0 aliphatic carbocycles. The van der Waals surface area contributed by atoms with Gasteiger partial charge in [-0.15, -0.1) is 0 Å². The largest absolute Gasteiger partial charge is 0.369 e. The first-order chi connectivity index (χ1) is 7.18. The van der Waals surface area contributed by atoms with Gasteiger partial charge in [-0.3, -0.25) is 9.78 Å². The molecular formula is C12H12N2O. The fraction of sp³-hybridized carbons (Fsp3) is 0.167. The molecule has 1 heterocycles. The van der Waals surface area contributed by atoms with E-state index in [9.17, 15) is 4.79 Å². The van der Waals surface area contributed by atoms with Crippen molar-refractivity contribution in [3.8, 4) is 0 Å². The minimum atomic E-state index is -0.307. The monoisotopic (exact) mass is 200 g/mol. The van der Waals surface area contributed by atoms with Crippen molar-refractivity contribution >= 4 is 16.7 Å². The first-order valence-corrected chi connectivity index (χ1v) is 4.81. The minimum absolute atomic E-state index is 0.255. The van der Waals surface area contributed by atoms with E-state index >= 15 is 0 Å². The summed E-state index contributed by atoms with van der Waals surface area (Å²) < 4.78 is 0. The van der Waals surface area contributed by atoms with Crippen LogP contribution in [-0.2, 0) is 4.79 Å². The average Bonchev–Trinajstić information content (AvgIpc) is 2.27. The van der Waals surface area contributed by atoms with Crippen molar-refractivity contribution in [2.75, 3.05) is 0 Å². The molecule has 2 rings (SSSR count). The number of carbonyl (C=O) groups excluding carboxylic acids is 1. The van der Waals surface area contributed by atoms with Gasteiger partial charge in [0.25, 0.3) is 0 Å². The molecule has 1 aromatic carbocycles. The Morgan fingerprint density at radius 2 is 2.13 bits per heavy atom. The first kappa shape index (κ1) is 9.65. The molecule has 3 nitrogen and oxygen atoms in total. The molecule has 0 aliphatic rings. The van der Waals surface area contributed by atoms with E-state index in [1.807, 2.05) is 24.3 Å². The Labute approximate surface area is 87.9 Å². The number of benzene rings is 1. The van der Waals surface area contributed by atoms with Crippen LogP contribution in [0.5, 0.6) is 0 Å². The molecule has 0 spiro atoms. The number of hydrogen-bond donors (Lipinski definition) is 1. The normalized spacial score (nSPS) is 12.6. The molecule has 2 N–H and O–H groups in total. The summed E-state index contributed by atoms with van der Waals surface area (Å²) in [5.41, 5.74) is 6.19. The maximum atomic E-state index is 11.0. The molecule has 0 radical (unpaired) electrons. The maximum Gasteiger partial charge on any atom is 0.224 e. The van der Waals surface area contributed by atoms with Gasteiger partial charge in [-0.25, -0.2) is 0 Å². The minimum Gasteiger partial charge on any atom is -0.369 e. The van der Waals surface area contributed by atoms with E-state index in [0.717, 1.165) is 16.3 Å². The number of amides is 1. The van der Waals surface area contributed by atoms with Gasteiger partial charge < -0.3 is 5.73 Å². The number of primary amides is 1. The molecule has 1 aromatic heterocycles. The Morgan fingerprint density at radius 1 is 1.33 bits per heavy atom. The summed E-state index contributed by atoms with van der Waals surface area (Å²) in [7, 11) is 0. The fourth-order valence-corrected chi connectivity index (χ4v) is 1.54. The second kappa shape index (κ2) is 3.69. The van der Waals surface area contributed by atoms with Crippen molar-refractivity contribution in [2.24, 2.45) is 5.73 Å². The number of rotatable bonds is 2. The van der Waals surface area contributed by atoms with Crippen LogP contribution in [0.3, 0.4) is 0 Å². The van der Waals surface area contributed by atoms with Crippen molar-refractivity contribution in [3.63, 3.8) is 0 Å². The van der Waals surface area contributed by atoms with E-state index in [2.05, 4.69) is 4.98 Å². The zero-order chi connectivity index (χ0) is 10.8. The molecular weight excluding hydrogens is 188 g/mol. The van der Waals surface area contributed by atoms with Crippen LogP contribution in [0.25, 0.3) is 10.8 Å². The second-order valence-electron chi connectivity index (χ2n) is 3.61. The van der Waals surface area contributed by atoms with Gasteiger partial charge in [0.2, 0.25) is 5.91 Å². The SMILES string of the molecule is CC(C(N)=O)c1ccc2ccncc2c1. The Kier molecular flexibility index (Phi) is 2.37. The van der Waals surface area contributed by atoms with Crippen LogP contribution in [0.2, 0.25) is 0 Å². The van der Waals surface area contributed by atoms with Gasteiger partial charge in [0, 0.05) is 17.8 Å². The zero-order valence-corrected chi connectivity index (χ0v) is 8.47. The van der Waals surface area contributed by atoms with Gasteiger partial charge in [0.1, 0.15) is 0 Å². The summed E-state index contributed by atoms with van der Waals surface area (Å²) >= 11 is 0. The van der Waals surface area contributed by atoms with E-state index < -0.39 is 0 Å². The standard InChI is InChI=1S/C12H12N2O/c1-8(12(13)15)10-3-2-9-4-5-14-7-11(9)6-10/h2-8H,1H3,(H2,13,15). The molecule has 0 saturated carbocycles. The number of fused-ring (bicyclic) bond motifs is 1. The van der Waals surface area contributed by atoms with Gasteiger partial charge in [-0.1, -0.05) is 12.1 Å². The predicted molar refractivity (Wildman–Crippen MR) is 59.4 cm³/mol. The van der Waals surface area contributed by atoms with E-state index in [0.29, 0.717) is 0 Å². The highest BCUT2D eigenvalue weighted by molar-refractivity contribution is 5.86. The summed E-state index contributed by atoms with van der Waals surface area (Å²) in [5.74, 6) is -0.562. The van der Waals surface area contributed by atoms with Crippen molar-refractivity contribution in [1.82, 2.24) is 4.98 Å². The summed E-state index contributed by atoms with van der Waals surface area (Å²) in [5, 5.41) is 2.15. The molecule has 0 bridgehead atoms. The van der Waals surface area contributed by atoms with Crippen LogP contribution in [0, 0.1) is 0 Å². The van der Waals surface area contributed by atoms with Crippen LogP contribution in [0.15, 0.2) is 36.7 Å². The molecule has 0 fully saturated rings. The summed E-state index contributed by atoms with van der Waals surface area (Å²) in [6.45, 7) is 1.81. The highest BCUT2D eigenvalue weighted by Crippen LogP contribution is 2.20. The lowest BCUT2D eigenvalue weighted by molar-refractivity contribution is -0.119. The van der Waals surface area contributed by atoms with Crippen molar-refractivity contribution in [1.29, 1.82) is 0 Å². The second-order valence-corrected chi connectivity index (χ2v) is 3.61. The molecule has 1 atom stereocenters. The number of nitrogens with zero attached hydrogens (tertiary/aromatic N) is 1. The van der Waals surface area contributed by atoms with Crippen LogP contribution in [-0.4, -0.2) is 10.9 Å². The molecule has 3 heteroatoms. The van der Waals surface area contributed by atoms with Gasteiger partial charge in [0.15, 0.2) is 0 Å². The highest BCUT2D eigenvalue weighted by Gasteiger charge is 2.11. The predicted octanol–water partition coefficient (Wildman–Crippen LogP) is 1.82. The summed E-state index contributed by atoms with van der Waals surface area (Å²) in [4.78, 5) is 15.1. The smallest absolute Gasteiger partial charge is 0.224 e. The lowest BCUT2D eigenvalue weighted by Gasteiger charge is -2.08. The lowest BCUT2D eigenvalue weighted by atomic mass is 9.98. The van der Waals surface area contributed by atoms with E-state index in [1.165, 1.54) is 0 Å². The van der Waals surface area contributed by atoms with Crippen molar-refractivity contribution in [3.05, 3.63) is 42.2 Å². The zero-order valence-electron chi connectivity index (χ0n) is 8.47. The van der Waals surface area contributed by atoms with Crippen LogP contribution in [0.4, 0.5) is 0 Å². The molecule has 15 heavy (non-hydrogen) atoms. The average molecular weight is 200 g/mol. The fourth-order valence-electron chi connectivity index (χ4n) is 1.54. The lowest BCUT2D eigenvalue weighted by Crippen LogP contribution is -2.18. The van der Waals surface area contributed by atoms with E-state index in [4.69, 9.17) is 5.73 Å². The van der Waals surface area contributed by atoms with Gasteiger partial charge in [-0.2, -0.15) is 0 Å². The highest BCUT2D eigenvalue weighted by atomic mass is 16.1.